The molecule has 25 heavy (non-hydrogen) atoms. The van der Waals surface area contributed by atoms with Gasteiger partial charge in [-0.15, -0.1) is 0 Å². The minimum absolute atomic E-state index is 0.160. The van der Waals surface area contributed by atoms with E-state index in [-0.39, 0.29) is 10.2 Å². The van der Waals surface area contributed by atoms with Gasteiger partial charge in [0.1, 0.15) is 16.8 Å². The molecule has 1 aromatic carbocycles. The molecule has 0 radical (unpaired) electrons. The minimum atomic E-state index is -5.19. The topological polar surface area (TPSA) is 84.7 Å². The van der Waals surface area contributed by atoms with Crippen LogP contribution >= 0.6 is 15.9 Å². The number of nitrogens with two attached hydrogens (primary N) is 1. The Morgan fingerprint density at radius 1 is 1.24 bits per heavy atom. The summed E-state index contributed by atoms with van der Waals surface area (Å²) in [4.78, 5) is -1.05. The van der Waals surface area contributed by atoms with Crippen LogP contribution in [0.1, 0.15) is 11.3 Å². The number of hydrogen-bond acceptors (Lipinski definition) is 4. The number of hydrogen-bond donors (Lipinski definition) is 1. The third-order valence-electron chi connectivity index (χ3n) is 2.88. The van der Waals surface area contributed by atoms with Gasteiger partial charge in [-0.25, -0.2) is 8.89 Å². The monoisotopic (exact) mass is 446 g/mol. The predicted octanol–water partition coefficient (Wildman–Crippen LogP) is 3.73. The zero-order valence-corrected chi connectivity index (χ0v) is 14.0. The first-order valence-corrected chi connectivity index (χ1v) is 7.96. The summed E-state index contributed by atoms with van der Waals surface area (Å²) < 4.78 is 88.0. The van der Waals surface area contributed by atoms with Crippen molar-refractivity contribution in [2.24, 2.45) is 0 Å². The second-order valence-electron chi connectivity index (χ2n) is 4.46. The lowest BCUT2D eigenvalue weighted by atomic mass is 10.2. The van der Waals surface area contributed by atoms with Crippen LogP contribution in [0.3, 0.4) is 0 Å². The van der Waals surface area contributed by atoms with Crippen molar-refractivity contribution in [3.05, 3.63) is 33.9 Å². The van der Waals surface area contributed by atoms with Crippen molar-refractivity contribution in [2.45, 2.75) is 16.6 Å². The van der Waals surface area contributed by atoms with Gasteiger partial charge in [-0.3, -0.25) is 0 Å². The molecule has 1 aromatic heterocycles. The lowest BCUT2D eigenvalue weighted by Gasteiger charge is -2.11. The van der Waals surface area contributed by atoms with Crippen molar-refractivity contribution in [1.82, 2.24) is 9.78 Å². The Morgan fingerprint density at radius 2 is 1.84 bits per heavy atom. The third kappa shape index (κ3) is 3.64. The molecule has 2 rings (SSSR count). The standard InChI is InChI=1S/C12H5BrF6N4OS/c13-6-3-5(11(14,15)16)1-2-8(6)23-10(21)9(7(4-20)22-23)25(24)12(17,18)19/h1-3H,21H2. The molecule has 0 amide bonds. The van der Waals surface area contributed by atoms with Crippen molar-refractivity contribution in [3.63, 3.8) is 0 Å². The Kier molecular flexibility index (Phi) is 4.88. The number of rotatable bonds is 2. The highest BCUT2D eigenvalue weighted by Gasteiger charge is 2.42. The van der Waals surface area contributed by atoms with E-state index in [4.69, 9.17) is 11.0 Å². The number of alkyl halides is 6. The van der Waals surface area contributed by atoms with Crippen LogP contribution in [-0.4, -0.2) is 19.5 Å². The number of halogens is 7. The molecule has 13 heteroatoms. The number of nitrogens with zero attached hydrogens (tertiary/aromatic N) is 3. The van der Waals surface area contributed by atoms with Crippen molar-refractivity contribution in [2.75, 3.05) is 5.73 Å². The van der Waals surface area contributed by atoms with Crippen LogP contribution < -0.4 is 5.73 Å². The maximum Gasteiger partial charge on any atom is 0.476 e. The molecule has 2 aromatic rings. The van der Waals surface area contributed by atoms with E-state index in [2.05, 4.69) is 21.0 Å². The van der Waals surface area contributed by atoms with E-state index >= 15 is 0 Å². The SMILES string of the molecule is N#Cc1nn(-c2ccc(C(F)(F)F)cc2Br)c(N)c1S(=O)C(F)(F)F. The van der Waals surface area contributed by atoms with E-state index in [0.29, 0.717) is 16.8 Å². The molecule has 0 aliphatic heterocycles. The molecular formula is C12H5BrF6N4OS. The van der Waals surface area contributed by atoms with Gasteiger partial charge in [0, 0.05) is 4.47 Å². The molecule has 1 unspecified atom stereocenters. The van der Waals surface area contributed by atoms with E-state index in [9.17, 15) is 30.6 Å². The van der Waals surface area contributed by atoms with Crippen LogP contribution in [0.2, 0.25) is 0 Å². The molecule has 134 valence electrons. The molecule has 1 atom stereocenters. The van der Waals surface area contributed by atoms with Crippen molar-refractivity contribution < 1.29 is 30.6 Å². The smallest absolute Gasteiger partial charge is 0.383 e. The Bertz CT molecular complexity index is 899. The summed E-state index contributed by atoms with van der Waals surface area (Å²) in [7, 11) is -3.63. The fourth-order valence-corrected chi connectivity index (χ4v) is 3.14. The van der Waals surface area contributed by atoms with E-state index in [1.165, 1.54) is 6.07 Å². The normalized spacial score (nSPS) is 13.5. The lowest BCUT2D eigenvalue weighted by molar-refractivity contribution is -0.137. The van der Waals surface area contributed by atoms with Gasteiger partial charge >= 0.3 is 11.7 Å². The minimum Gasteiger partial charge on any atom is -0.383 e. The fraction of sp³-hybridized carbons (Fsp3) is 0.167. The molecule has 0 bridgehead atoms. The maximum atomic E-state index is 12.7. The number of aromatic nitrogens is 2. The summed E-state index contributed by atoms with van der Waals surface area (Å²) >= 11 is 2.85. The molecule has 0 saturated carbocycles. The number of nitrogen functional groups attached to an aromatic ring is 1. The molecule has 5 nitrogen and oxygen atoms in total. The van der Waals surface area contributed by atoms with Gasteiger partial charge in [-0.05, 0) is 34.1 Å². The zero-order chi connectivity index (χ0) is 19.2. The molecule has 2 N–H and O–H groups in total. The third-order valence-corrected chi connectivity index (χ3v) is 4.71. The fourth-order valence-electron chi connectivity index (χ4n) is 1.83. The Balaban J connectivity index is 2.65. The van der Waals surface area contributed by atoms with E-state index in [0.717, 1.165) is 6.07 Å². The lowest BCUT2D eigenvalue weighted by Crippen LogP contribution is -2.18. The van der Waals surface area contributed by atoms with Crippen LogP contribution in [0.5, 0.6) is 0 Å². The molecule has 0 aliphatic carbocycles. The number of anilines is 1. The predicted molar refractivity (Wildman–Crippen MR) is 77.9 cm³/mol. The van der Waals surface area contributed by atoms with Crippen LogP contribution in [-0.2, 0) is 17.0 Å². The summed E-state index contributed by atoms with van der Waals surface area (Å²) in [6, 6.07) is 3.56. The Morgan fingerprint density at radius 3 is 2.28 bits per heavy atom. The summed E-state index contributed by atoms with van der Waals surface area (Å²) in [5.41, 5.74) is -1.70. The van der Waals surface area contributed by atoms with Crippen molar-refractivity contribution in [1.29, 1.82) is 5.26 Å². The van der Waals surface area contributed by atoms with Gasteiger partial charge < -0.3 is 5.73 Å². The summed E-state index contributed by atoms with van der Waals surface area (Å²) in [5.74, 6) is -0.771. The van der Waals surface area contributed by atoms with Crippen LogP contribution in [0, 0.1) is 11.3 Å². The molecule has 0 fully saturated rings. The maximum absolute atomic E-state index is 12.7. The second kappa shape index (κ2) is 6.34. The van der Waals surface area contributed by atoms with E-state index in [1.54, 1.807) is 0 Å². The molecular weight excluding hydrogens is 442 g/mol. The van der Waals surface area contributed by atoms with Gasteiger partial charge in [-0.1, -0.05) is 0 Å². The number of benzene rings is 1. The Labute approximate surface area is 146 Å². The highest BCUT2D eigenvalue weighted by molar-refractivity contribution is 9.10. The highest BCUT2D eigenvalue weighted by atomic mass is 79.9. The van der Waals surface area contributed by atoms with E-state index in [1.807, 2.05) is 0 Å². The van der Waals surface area contributed by atoms with Gasteiger partial charge in [-0.2, -0.15) is 36.7 Å². The number of nitriles is 1. The molecule has 0 saturated heterocycles. The van der Waals surface area contributed by atoms with Crippen LogP contribution in [0.25, 0.3) is 5.69 Å². The quantitative estimate of drug-likeness (QED) is 0.712. The largest absolute Gasteiger partial charge is 0.476 e. The van der Waals surface area contributed by atoms with Gasteiger partial charge in [0.05, 0.1) is 11.3 Å². The van der Waals surface area contributed by atoms with Gasteiger partial charge in [0.25, 0.3) is 0 Å². The first kappa shape index (κ1) is 19.3. The van der Waals surface area contributed by atoms with Crippen molar-refractivity contribution >= 4 is 32.5 Å². The average Bonchev–Trinajstić information content (AvgIpc) is 2.81. The van der Waals surface area contributed by atoms with E-state index < -0.39 is 44.5 Å². The first-order valence-electron chi connectivity index (χ1n) is 6.02. The van der Waals surface area contributed by atoms with Gasteiger partial charge in [0.15, 0.2) is 16.5 Å². The highest BCUT2D eigenvalue weighted by Crippen LogP contribution is 2.36. The molecule has 0 spiro atoms. The zero-order valence-electron chi connectivity index (χ0n) is 11.6. The average molecular weight is 447 g/mol. The summed E-state index contributed by atoms with van der Waals surface area (Å²) in [6.07, 6.45) is -4.64. The molecule has 0 aliphatic rings. The first-order chi connectivity index (χ1) is 11.4. The van der Waals surface area contributed by atoms with Gasteiger partial charge in [0.2, 0.25) is 0 Å². The van der Waals surface area contributed by atoms with Crippen LogP contribution in [0.15, 0.2) is 27.6 Å². The van der Waals surface area contributed by atoms with Crippen molar-refractivity contribution in [3.8, 4) is 11.8 Å². The van der Waals surface area contributed by atoms with Crippen LogP contribution in [0.4, 0.5) is 32.2 Å². The second-order valence-corrected chi connectivity index (χ2v) is 6.73. The summed E-state index contributed by atoms with van der Waals surface area (Å²) in [6.45, 7) is 0. The Hall–Kier alpha value is -2.07. The summed E-state index contributed by atoms with van der Waals surface area (Å²) in [5, 5.41) is 12.4. The molecule has 1 heterocycles.